The first-order chi connectivity index (χ1) is 10.2. The van der Waals surface area contributed by atoms with Gasteiger partial charge in [0.25, 0.3) is 0 Å². The van der Waals surface area contributed by atoms with Gasteiger partial charge in [0.2, 0.25) is 0 Å². The summed E-state index contributed by atoms with van der Waals surface area (Å²) >= 11 is 3.23. The smallest absolute Gasteiger partial charge is 0.123 e. The molecule has 0 atom stereocenters. The summed E-state index contributed by atoms with van der Waals surface area (Å²) in [6, 6.07) is 6.42. The van der Waals surface area contributed by atoms with Crippen molar-refractivity contribution in [3.8, 4) is 10.6 Å². The van der Waals surface area contributed by atoms with E-state index in [4.69, 9.17) is 0 Å². The molecule has 6 heteroatoms. The van der Waals surface area contributed by atoms with E-state index < -0.39 is 0 Å². The molecule has 3 nitrogen and oxygen atoms in total. The number of benzene rings is 1. The minimum atomic E-state index is -0.226. The largest absolute Gasteiger partial charge is 0.305 e. The predicted octanol–water partition coefficient (Wildman–Crippen LogP) is 4.00. The van der Waals surface area contributed by atoms with Crippen LogP contribution in [0.2, 0.25) is 0 Å². The average Bonchev–Trinajstić information content (AvgIpc) is 3.09. The molecule has 0 aliphatic heterocycles. The lowest BCUT2D eigenvalue weighted by atomic mass is 10.2. The Morgan fingerprint density at radius 3 is 2.33 bits per heavy atom. The summed E-state index contributed by atoms with van der Waals surface area (Å²) in [5.74, 6) is -0.226. The molecule has 0 saturated heterocycles. The van der Waals surface area contributed by atoms with Crippen LogP contribution in [-0.4, -0.2) is 9.97 Å². The van der Waals surface area contributed by atoms with E-state index in [9.17, 15) is 4.39 Å². The van der Waals surface area contributed by atoms with Crippen molar-refractivity contribution >= 4 is 22.7 Å². The van der Waals surface area contributed by atoms with E-state index in [0.717, 1.165) is 33.5 Å². The van der Waals surface area contributed by atoms with Gasteiger partial charge in [-0.1, -0.05) is 0 Å². The van der Waals surface area contributed by atoms with E-state index in [1.807, 2.05) is 12.3 Å². The van der Waals surface area contributed by atoms with Crippen LogP contribution in [0, 0.1) is 12.7 Å². The molecule has 0 amide bonds. The maximum absolute atomic E-state index is 12.9. The SMILES string of the molecule is Cc1nc(CNCc2csc(-c3ccc(F)cc3)n2)cs1. The van der Waals surface area contributed by atoms with E-state index in [1.54, 1.807) is 34.8 Å². The van der Waals surface area contributed by atoms with Crippen molar-refractivity contribution in [3.05, 3.63) is 57.2 Å². The Bertz CT molecular complexity index is 719. The Kier molecular flexibility index (Phi) is 4.38. The van der Waals surface area contributed by atoms with Crippen LogP contribution in [0.5, 0.6) is 0 Å². The Morgan fingerprint density at radius 1 is 1.00 bits per heavy atom. The first kappa shape index (κ1) is 14.3. The fourth-order valence-electron chi connectivity index (χ4n) is 1.92. The highest BCUT2D eigenvalue weighted by molar-refractivity contribution is 7.13. The topological polar surface area (TPSA) is 37.8 Å². The Balaban J connectivity index is 1.59. The zero-order chi connectivity index (χ0) is 14.7. The van der Waals surface area contributed by atoms with Gasteiger partial charge in [0.15, 0.2) is 0 Å². The maximum atomic E-state index is 12.9. The molecule has 0 spiro atoms. The molecular weight excluding hydrogens is 305 g/mol. The van der Waals surface area contributed by atoms with Crippen LogP contribution in [0.25, 0.3) is 10.6 Å². The average molecular weight is 319 g/mol. The number of rotatable bonds is 5. The molecule has 0 saturated carbocycles. The zero-order valence-electron chi connectivity index (χ0n) is 11.5. The van der Waals surface area contributed by atoms with Crippen molar-refractivity contribution < 1.29 is 4.39 Å². The monoisotopic (exact) mass is 319 g/mol. The molecule has 0 radical (unpaired) electrons. The lowest BCUT2D eigenvalue weighted by Gasteiger charge is -1.99. The van der Waals surface area contributed by atoms with Crippen LogP contribution >= 0.6 is 22.7 Å². The van der Waals surface area contributed by atoms with Crippen LogP contribution < -0.4 is 5.32 Å². The van der Waals surface area contributed by atoms with Gasteiger partial charge in [-0.05, 0) is 31.2 Å². The number of thiazole rings is 2. The van der Waals surface area contributed by atoms with E-state index in [0.29, 0.717) is 6.54 Å². The second-order valence-electron chi connectivity index (χ2n) is 4.61. The van der Waals surface area contributed by atoms with Gasteiger partial charge < -0.3 is 5.32 Å². The van der Waals surface area contributed by atoms with Crippen molar-refractivity contribution in [3.63, 3.8) is 0 Å². The highest BCUT2D eigenvalue weighted by Gasteiger charge is 2.05. The number of aromatic nitrogens is 2. The van der Waals surface area contributed by atoms with Gasteiger partial charge in [0, 0.05) is 29.4 Å². The van der Waals surface area contributed by atoms with E-state index in [1.165, 1.54) is 12.1 Å². The van der Waals surface area contributed by atoms with Gasteiger partial charge in [0.05, 0.1) is 16.4 Å². The van der Waals surface area contributed by atoms with Crippen molar-refractivity contribution in [1.82, 2.24) is 15.3 Å². The molecule has 0 bridgehead atoms. The third kappa shape index (κ3) is 3.72. The molecule has 0 aliphatic rings. The number of aryl methyl sites for hydroxylation is 1. The molecule has 3 aromatic rings. The molecule has 2 aromatic heterocycles. The van der Waals surface area contributed by atoms with Gasteiger partial charge in [-0.3, -0.25) is 0 Å². The molecule has 21 heavy (non-hydrogen) atoms. The summed E-state index contributed by atoms with van der Waals surface area (Å²) in [6.07, 6.45) is 0. The fraction of sp³-hybridized carbons (Fsp3) is 0.200. The highest BCUT2D eigenvalue weighted by Crippen LogP contribution is 2.23. The maximum Gasteiger partial charge on any atom is 0.123 e. The number of hydrogen-bond donors (Lipinski definition) is 1. The third-order valence-corrected chi connectivity index (χ3v) is 4.68. The Hall–Kier alpha value is -1.63. The summed E-state index contributed by atoms with van der Waals surface area (Å²) in [6.45, 7) is 3.45. The summed E-state index contributed by atoms with van der Waals surface area (Å²) in [5.41, 5.74) is 3.00. The fourth-order valence-corrected chi connectivity index (χ4v) is 3.36. The summed E-state index contributed by atoms with van der Waals surface area (Å²) < 4.78 is 12.9. The zero-order valence-corrected chi connectivity index (χ0v) is 13.1. The van der Waals surface area contributed by atoms with Gasteiger partial charge in [0.1, 0.15) is 10.8 Å². The molecule has 0 fully saturated rings. The quantitative estimate of drug-likeness (QED) is 0.772. The van der Waals surface area contributed by atoms with E-state index in [2.05, 4.69) is 20.7 Å². The lowest BCUT2D eigenvalue weighted by Crippen LogP contribution is -2.13. The highest BCUT2D eigenvalue weighted by atomic mass is 32.1. The van der Waals surface area contributed by atoms with Crippen LogP contribution in [0.3, 0.4) is 0 Å². The Labute approximate surface area is 130 Å². The number of nitrogens with one attached hydrogen (secondary N) is 1. The summed E-state index contributed by atoms with van der Waals surface area (Å²) in [4.78, 5) is 8.97. The van der Waals surface area contributed by atoms with Crippen LogP contribution in [-0.2, 0) is 13.1 Å². The molecule has 0 aliphatic carbocycles. The molecular formula is C15H14FN3S2. The first-order valence-corrected chi connectivity index (χ1v) is 8.29. The third-order valence-electron chi connectivity index (χ3n) is 2.92. The molecule has 108 valence electrons. The summed E-state index contributed by atoms with van der Waals surface area (Å²) in [7, 11) is 0. The standard InChI is InChI=1S/C15H14FN3S2/c1-10-18-13(8-20-10)6-17-7-14-9-21-15(19-14)11-2-4-12(16)5-3-11/h2-5,8-9,17H,6-7H2,1H3. The van der Waals surface area contributed by atoms with Crippen molar-refractivity contribution in [2.75, 3.05) is 0 Å². The van der Waals surface area contributed by atoms with Gasteiger partial charge >= 0.3 is 0 Å². The van der Waals surface area contributed by atoms with E-state index >= 15 is 0 Å². The molecule has 1 aromatic carbocycles. The van der Waals surface area contributed by atoms with Crippen molar-refractivity contribution in [2.24, 2.45) is 0 Å². The van der Waals surface area contributed by atoms with Crippen LogP contribution in [0.1, 0.15) is 16.4 Å². The summed E-state index contributed by atoms with van der Waals surface area (Å²) in [5, 5.41) is 9.42. The minimum Gasteiger partial charge on any atom is -0.305 e. The Morgan fingerprint density at radius 2 is 1.67 bits per heavy atom. The first-order valence-electron chi connectivity index (χ1n) is 6.53. The number of nitrogens with zero attached hydrogens (tertiary/aromatic N) is 2. The molecule has 2 heterocycles. The van der Waals surface area contributed by atoms with Gasteiger partial charge in [-0.2, -0.15) is 0 Å². The predicted molar refractivity (Wildman–Crippen MR) is 84.9 cm³/mol. The van der Waals surface area contributed by atoms with Crippen LogP contribution in [0.15, 0.2) is 35.0 Å². The second kappa shape index (κ2) is 6.43. The van der Waals surface area contributed by atoms with E-state index in [-0.39, 0.29) is 5.82 Å². The van der Waals surface area contributed by atoms with Crippen molar-refractivity contribution in [1.29, 1.82) is 0 Å². The molecule has 0 unspecified atom stereocenters. The van der Waals surface area contributed by atoms with Crippen LogP contribution in [0.4, 0.5) is 4.39 Å². The molecule has 3 rings (SSSR count). The normalized spacial score (nSPS) is 11.0. The molecule has 1 N–H and O–H groups in total. The second-order valence-corrected chi connectivity index (χ2v) is 6.53. The minimum absolute atomic E-state index is 0.226. The van der Waals surface area contributed by atoms with Crippen molar-refractivity contribution in [2.45, 2.75) is 20.0 Å². The lowest BCUT2D eigenvalue weighted by molar-refractivity contribution is 0.628. The number of hydrogen-bond acceptors (Lipinski definition) is 5. The number of halogens is 1. The van der Waals surface area contributed by atoms with Gasteiger partial charge in [-0.25, -0.2) is 14.4 Å². The van der Waals surface area contributed by atoms with Gasteiger partial charge in [-0.15, -0.1) is 22.7 Å².